The molecule has 0 spiro atoms. The van der Waals surface area contributed by atoms with Crippen LogP contribution in [0, 0.1) is 11.6 Å². The third-order valence-corrected chi connectivity index (χ3v) is 4.60. The van der Waals surface area contributed by atoms with Crippen LogP contribution >= 0.6 is 0 Å². The number of halogens is 2. The number of nitrogens with one attached hydrogen (secondary N) is 1. The van der Waals surface area contributed by atoms with Crippen molar-refractivity contribution >= 4 is 10.0 Å². The highest BCUT2D eigenvalue weighted by Crippen LogP contribution is 2.21. The van der Waals surface area contributed by atoms with Crippen molar-refractivity contribution in [2.24, 2.45) is 5.73 Å². The molecule has 1 unspecified atom stereocenters. The van der Waals surface area contributed by atoms with E-state index in [1.807, 2.05) is 6.92 Å². The molecule has 7 heteroatoms. The summed E-state index contributed by atoms with van der Waals surface area (Å²) in [6, 6.07) is 1.51. The minimum absolute atomic E-state index is 0.314. The molecule has 0 aliphatic heterocycles. The number of hydrogen-bond donors (Lipinski definition) is 2. The Kier molecular flexibility index (Phi) is 6.04. The molecule has 3 N–H and O–H groups in total. The van der Waals surface area contributed by atoms with Crippen LogP contribution in [0.5, 0.6) is 0 Å². The molecule has 114 valence electrons. The lowest BCUT2D eigenvalue weighted by atomic mass is 10.2. The van der Waals surface area contributed by atoms with E-state index in [2.05, 4.69) is 4.72 Å². The molecule has 4 nitrogen and oxygen atoms in total. The van der Waals surface area contributed by atoms with Crippen LogP contribution in [-0.4, -0.2) is 14.5 Å². The number of hydrogen-bond acceptors (Lipinski definition) is 3. The second kappa shape index (κ2) is 7.10. The first-order valence-electron chi connectivity index (χ1n) is 6.52. The minimum Gasteiger partial charge on any atom is -0.326 e. The zero-order valence-electron chi connectivity index (χ0n) is 11.6. The zero-order valence-corrected chi connectivity index (χ0v) is 12.4. The molecule has 0 saturated carbocycles. The predicted octanol–water partition coefficient (Wildman–Crippen LogP) is 2.28. The van der Waals surface area contributed by atoms with E-state index in [-0.39, 0.29) is 6.04 Å². The van der Waals surface area contributed by atoms with Crippen molar-refractivity contribution in [1.29, 1.82) is 0 Å². The molecule has 0 fully saturated rings. The number of rotatable bonds is 7. The lowest BCUT2D eigenvalue weighted by molar-refractivity contribution is 0.511. The Morgan fingerprint density at radius 2 is 2.00 bits per heavy atom. The standard InChI is InChI=1S/C13H20F2N2O2S/c1-3-4-5-9(2)17-20(18,19)12-7-6-11(14)10(8-16)13(12)15/h6-7,9,17H,3-5,8,16H2,1-2H3. The van der Waals surface area contributed by atoms with E-state index in [0.29, 0.717) is 6.42 Å². The maximum absolute atomic E-state index is 14.0. The smallest absolute Gasteiger partial charge is 0.243 e. The second-order valence-corrected chi connectivity index (χ2v) is 6.39. The van der Waals surface area contributed by atoms with E-state index in [1.54, 1.807) is 6.92 Å². The average molecular weight is 306 g/mol. The largest absolute Gasteiger partial charge is 0.326 e. The average Bonchev–Trinajstić information content (AvgIpc) is 2.36. The Morgan fingerprint density at radius 3 is 2.55 bits per heavy atom. The van der Waals surface area contributed by atoms with Gasteiger partial charge in [0.1, 0.15) is 10.7 Å². The van der Waals surface area contributed by atoms with E-state index in [4.69, 9.17) is 5.73 Å². The highest BCUT2D eigenvalue weighted by molar-refractivity contribution is 7.89. The van der Waals surface area contributed by atoms with Crippen molar-refractivity contribution in [1.82, 2.24) is 4.72 Å². The summed E-state index contributed by atoms with van der Waals surface area (Å²) in [5.41, 5.74) is 4.81. The molecular weight excluding hydrogens is 286 g/mol. The quantitative estimate of drug-likeness (QED) is 0.812. The summed E-state index contributed by atoms with van der Waals surface area (Å²) in [5.74, 6) is -1.97. The van der Waals surface area contributed by atoms with Crippen LogP contribution in [0.15, 0.2) is 17.0 Å². The monoisotopic (exact) mass is 306 g/mol. The molecule has 0 heterocycles. The van der Waals surface area contributed by atoms with E-state index < -0.39 is 38.7 Å². The van der Waals surface area contributed by atoms with Gasteiger partial charge in [0.15, 0.2) is 5.82 Å². The molecule has 1 aromatic carbocycles. The number of unbranched alkanes of at least 4 members (excludes halogenated alkanes) is 1. The van der Waals surface area contributed by atoms with Gasteiger partial charge in [0.2, 0.25) is 10.0 Å². The van der Waals surface area contributed by atoms with Gasteiger partial charge in [-0.15, -0.1) is 0 Å². The number of nitrogens with two attached hydrogens (primary N) is 1. The maximum Gasteiger partial charge on any atom is 0.243 e. The van der Waals surface area contributed by atoms with Crippen LogP contribution in [0.2, 0.25) is 0 Å². The molecule has 0 saturated heterocycles. The fourth-order valence-corrected chi connectivity index (χ4v) is 3.25. The molecule has 0 aromatic heterocycles. The minimum atomic E-state index is -4.02. The summed E-state index contributed by atoms with van der Waals surface area (Å²) in [7, 11) is -4.02. The fraction of sp³-hybridized carbons (Fsp3) is 0.538. The van der Waals surface area contributed by atoms with Gasteiger partial charge in [-0.1, -0.05) is 19.8 Å². The van der Waals surface area contributed by atoms with Crippen LogP contribution < -0.4 is 10.5 Å². The molecule has 20 heavy (non-hydrogen) atoms. The molecule has 0 aliphatic rings. The van der Waals surface area contributed by atoms with Crippen molar-refractivity contribution in [3.8, 4) is 0 Å². The molecule has 1 aromatic rings. The van der Waals surface area contributed by atoms with Gasteiger partial charge >= 0.3 is 0 Å². The summed E-state index contributed by atoms with van der Waals surface area (Å²) in [4.78, 5) is -0.567. The van der Waals surface area contributed by atoms with Crippen LogP contribution in [-0.2, 0) is 16.6 Å². The van der Waals surface area contributed by atoms with Gasteiger partial charge < -0.3 is 5.73 Å². The summed E-state index contributed by atoms with van der Waals surface area (Å²) in [6.45, 7) is 3.30. The van der Waals surface area contributed by atoms with E-state index in [1.165, 1.54) is 0 Å². The van der Waals surface area contributed by atoms with Crippen LogP contribution in [0.3, 0.4) is 0 Å². The third kappa shape index (κ3) is 3.97. The SMILES string of the molecule is CCCCC(C)NS(=O)(=O)c1ccc(F)c(CN)c1F. The zero-order chi connectivity index (χ0) is 15.3. The highest BCUT2D eigenvalue weighted by atomic mass is 32.2. The normalized spacial score (nSPS) is 13.4. The van der Waals surface area contributed by atoms with Gasteiger partial charge in [0.25, 0.3) is 0 Å². The fourth-order valence-electron chi connectivity index (χ4n) is 1.87. The molecule has 0 amide bonds. The highest BCUT2D eigenvalue weighted by Gasteiger charge is 2.24. The van der Waals surface area contributed by atoms with Gasteiger partial charge in [-0.05, 0) is 25.5 Å². The van der Waals surface area contributed by atoms with Gasteiger partial charge in [0, 0.05) is 18.2 Å². The van der Waals surface area contributed by atoms with Crippen molar-refractivity contribution in [3.63, 3.8) is 0 Å². The van der Waals surface area contributed by atoms with Gasteiger partial charge in [-0.25, -0.2) is 21.9 Å². The first kappa shape index (κ1) is 17.0. The summed E-state index contributed by atoms with van der Waals surface area (Å²) in [5, 5.41) is 0. The third-order valence-electron chi connectivity index (χ3n) is 2.99. The molecule has 0 aliphatic carbocycles. The van der Waals surface area contributed by atoms with Gasteiger partial charge in [-0.2, -0.15) is 0 Å². The summed E-state index contributed by atoms with van der Waals surface area (Å²) < 4.78 is 53.9. The summed E-state index contributed by atoms with van der Waals surface area (Å²) >= 11 is 0. The van der Waals surface area contributed by atoms with Crippen molar-refractivity contribution < 1.29 is 17.2 Å². The van der Waals surface area contributed by atoms with Crippen molar-refractivity contribution in [2.45, 2.75) is 50.6 Å². The Balaban J connectivity index is 3.04. The molecule has 0 bridgehead atoms. The van der Waals surface area contributed by atoms with Crippen molar-refractivity contribution in [3.05, 3.63) is 29.3 Å². The lowest BCUT2D eigenvalue weighted by Gasteiger charge is -2.15. The van der Waals surface area contributed by atoms with Crippen molar-refractivity contribution in [2.75, 3.05) is 0 Å². The van der Waals surface area contributed by atoms with Crippen LogP contribution in [0.4, 0.5) is 8.78 Å². The Morgan fingerprint density at radius 1 is 1.35 bits per heavy atom. The predicted molar refractivity (Wildman–Crippen MR) is 73.6 cm³/mol. The molecule has 1 atom stereocenters. The number of sulfonamides is 1. The number of benzene rings is 1. The summed E-state index contributed by atoms with van der Waals surface area (Å²) in [6.07, 6.45) is 2.46. The van der Waals surface area contributed by atoms with Gasteiger partial charge in [0.05, 0.1) is 0 Å². The van der Waals surface area contributed by atoms with Gasteiger partial charge in [-0.3, -0.25) is 0 Å². The Bertz CT molecular complexity index is 562. The Hall–Kier alpha value is -1.05. The van der Waals surface area contributed by atoms with Crippen LogP contribution in [0.1, 0.15) is 38.7 Å². The molecular formula is C13H20F2N2O2S. The molecule has 0 radical (unpaired) electrons. The molecule has 1 rings (SSSR count). The maximum atomic E-state index is 14.0. The van der Waals surface area contributed by atoms with Crippen LogP contribution in [0.25, 0.3) is 0 Å². The van der Waals surface area contributed by atoms with E-state index in [9.17, 15) is 17.2 Å². The lowest BCUT2D eigenvalue weighted by Crippen LogP contribution is -2.33. The van der Waals surface area contributed by atoms with E-state index in [0.717, 1.165) is 25.0 Å². The Labute approximate surface area is 118 Å². The topological polar surface area (TPSA) is 72.2 Å². The first-order chi connectivity index (χ1) is 9.33. The van der Waals surface area contributed by atoms with E-state index >= 15 is 0 Å². The first-order valence-corrected chi connectivity index (χ1v) is 8.01. The second-order valence-electron chi connectivity index (χ2n) is 4.71.